The highest BCUT2D eigenvalue weighted by atomic mass is 16.5. The van der Waals surface area contributed by atoms with Gasteiger partial charge in [0.25, 0.3) is 0 Å². The third-order valence-corrected chi connectivity index (χ3v) is 4.14. The molecular formula is C17H21N3O2. The smallest absolute Gasteiger partial charge is 0.322 e. The number of carbonyl (C=O) groups is 1. The van der Waals surface area contributed by atoms with Gasteiger partial charge in [0, 0.05) is 18.3 Å². The van der Waals surface area contributed by atoms with E-state index in [0.717, 1.165) is 48.5 Å². The molecule has 1 aromatic heterocycles. The first kappa shape index (κ1) is 14.6. The first-order valence-corrected chi connectivity index (χ1v) is 7.77. The summed E-state index contributed by atoms with van der Waals surface area (Å²) in [6.45, 7) is 4.70. The molecule has 116 valence electrons. The predicted octanol–water partition coefficient (Wildman–Crippen LogP) is 3.91. The number of amides is 2. The number of likely N-dealkylation sites (tertiary alicyclic amines) is 1. The standard InChI is InChI=1S/C17H21N3O2/c1-3-13-7-4-5-8-14(13)18-17(21)20-10-6-9-16(20)15-11-12(2)22-19-15/h4-5,7-8,11,16H,3,6,9-10H2,1-2H3,(H,18,21)/t16-/m1/s1. The number of rotatable bonds is 3. The maximum Gasteiger partial charge on any atom is 0.322 e. The molecule has 0 aliphatic carbocycles. The van der Waals surface area contributed by atoms with Gasteiger partial charge in [-0.15, -0.1) is 0 Å². The molecule has 2 amide bonds. The molecule has 1 fully saturated rings. The average Bonchev–Trinajstić information content (AvgIpc) is 3.16. The number of hydrogen-bond acceptors (Lipinski definition) is 3. The Balaban J connectivity index is 1.76. The average molecular weight is 299 g/mol. The van der Waals surface area contributed by atoms with Gasteiger partial charge in [-0.1, -0.05) is 30.3 Å². The fourth-order valence-electron chi connectivity index (χ4n) is 3.00. The lowest BCUT2D eigenvalue weighted by molar-refractivity contribution is 0.204. The van der Waals surface area contributed by atoms with Crippen LogP contribution >= 0.6 is 0 Å². The molecule has 0 unspecified atom stereocenters. The second-order valence-electron chi connectivity index (χ2n) is 5.65. The minimum atomic E-state index is -0.0657. The molecule has 0 radical (unpaired) electrons. The van der Waals surface area contributed by atoms with Crippen LogP contribution in [0.4, 0.5) is 10.5 Å². The lowest BCUT2D eigenvalue weighted by atomic mass is 10.1. The number of anilines is 1. The number of nitrogens with zero attached hydrogens (tertiary/aromatic N) is 2. The van der Waals surface area contributed by atoms with E-state index in [0.29, 0.717) is 0 Å². The summed E-state index contributed by atoms with van der Waals surface area (Å²) in [5.74, 6) is 0.776. The summed E-state index contributed by atoms with van der Waals surface area (Å²) in [6.07, 6.45) is 2.80. The molecule has 1 aliphatic heterocycles. The van der Waals surface area contributed by atoms with Crippen molar-refractivity contribution in [2.75, 3.05) is 11.9 Å². The number of aromatic nitrogens is 1. The molecule has 1 atom stereocenters. The number of aryl methyl sites for hydroxylation is 2. The van der Waals surface area contributed by atoms with Crippen molar-refractivity contribution in [3.05, 3.63) is 47.3 Å². The van der Waals surface area contributed by atoms with Crippen LogP contribution in [0, 0.1) is 6.92 Å². The number of hydrogen-bond donors (Lipinski definition) is 1. The molecule has 22 heavy (non-hydrogen) atoms. The molecule has 0 saturated carbocycles. The minimum Gasteiger partial charge on any atom is -0.361 e. The summed E-state index contributed by atoms with van der Waals surface area (Å²) in [6, 6.07) is 9.77. The Morgan fingerprint density at radius 1 is 1.45 bits per heavy atom. The Labute approximate surface area is 130 Å². The first-order valence-electron chi connectivity index (χ1n) is 7.77. The van der Waals surface area contributed by atoms with E-state index in [1.165, 1.54) is 0 Å². The van der Waals surface area contributed by atoms with Crippen molar-refractivity contribution in [3.63, 3.8) is 0 Å². The van der Waals surface area contributed by atoms with Crippen LogP contribution in [0.3, 0.4) is 0 Å². The molecule has 1 aromatic carbocycles. The van der Waals surface area contributed by atoms with E-state index in [-0.39, 0.29) is 12.1 Å². The topological polar surface area (TPSA) is 58.4 Å². The van der Waals surface area contributed by atoms with E-state index >= 15 is 0 Å². The van der Waals surface area contributed by atoms with Crippen molar-refractivity contribution in [1.82, 2.24) is 10.1 Å². The number of para-hydroxylation sites is 1. The molecule has 5 nitrogen and oxygen atoms in total. The van der Waals surface area contributed by atoms with E-state index in [9.17, 15) is 4.79 Å². The first-order chi connectivity index (χ1) is 10.7. The highest BCUT2D eigenvalue weighted by Gasteiger charge is 2.32. The van der Waals surface area contributed by atoms with Crippen LogP contribution in [0.1, 0.15) is 42.8 Å². The number of carbonyl (C=O) groups excluding carboxylic acids is 1. The maximum atomic E-state index is 12.6. The Kier molecular flexibility index (Phi) is 4.13. The number of nitrogens with one attached hydrogen (secondary N) is 1. The third-order valence-electron chi connectivity index (χ3n) is 4.14. The predicted molar refractivity (Wildman–Crippen MR) is 84.8 cm³/mol. The molecule has 5 heteroatoms. The number of urea groups is 1. The zero-order valence-electron chi connectivity index (χ0n) is 13.0. The Bertz CT molecular complexity index is 665. The van der Waals surface area contributed by atoms with Crippen LogP contribution < -0.4 is 5.32 Å². The van der Waals surface area contributed by atoms with E-state index in [1.54, 1.807) is 0 Å². The van der Waals surface area contributed by atoms with Gasteiger partial charge < -0.3 is 14.7 Å². The van der Waals surface area contributed by atoms with Crippen LogP contribution in [0.2, 0.25) is 0 Å². The Morgan fingerprint density at radius 2 is 2.27 bits per heavy atom. The second-order valence-corrected chi connectivity index (χ2v) is 5.65. The van der Waals surface area contributed by atoms with E-state index < -0.39 is 0 Å². The van der Waals surface area contributed by atoms with E-state index in [4.69, 9.17) is 4.52 Å². The van der Waals surface area contributed by atoms with Crippen LogP contribution in [-0.4, -0.2) is 22.6 Å². The van der Waals surface area contributed by atoms with Gasteiger partial charge in [-0.3, -0.25) is 0 Å². The molecule has 0 spiro atoms. The lowest BCUT2D eigenvalue weighted by Crippen LogP contribution is -2.34. The van der Waals surface area contributed by atoms with Crippen molar-refractivity contribution in [2.45, 2.75) is 39.2 Å². The van der Waals surface area contributed by atoms with Gasteiger partial charge in [-0.05, 0) is 37.8 Å². The van der Waals surface area contributed by atoms with E-state index in [1.807, 2.05) is 42.2 Å². The quantitative estimate of drug-likeness (QED) is 0.934. The van der Waals surface area contributed by atoms with E-state index in [2.05, 4.69) is 17.4 Å². The summed E-state index contributed by atoms with van der Waals surface area (Å²) in [4.78, 5) is 14.5. The maximum absolute atomic E-state index is 12.6. The second kappa shape index (κ2) is 6.22. The lowest BCUT2D eigenvalue weighted by Gasteiger charge is -2.24. The van der Waals surface area contributed by atoms with Crippen molar-refractivity contribution in [2.24, 2.45) is 0 Å². The molecule has 1 N–H and O–H groups in total. The number of benzene rings is 1. The zero-order chi connectivity index (χ0) is 15.5. The fourth-order valence-corrected chi connectivity index (χ4v) is 3.00. The Hall–Kier alpha value is -2.30. The third kappa shape index (κ3) is 2.84. The molecule has 2 heterocycles. The minimum absolute atomic E-state index is 0.00578. The van der Waals surface area contributed by atoms with Crippen LogP contribution in [0.15, 0.2) is 34.9 Å². The zero-order valence-corrected chi connectivity index (χ0v) is 13.0. The van der Waals surface area contributed by atoms with Crippen LogP contribution in [0.5, 0.6) is 0 Å². The van der Waals surface area contributed by atoms with Gasteiger partial charge >= 0.3 is 6.03 Å². The summed E-state index contributed by atoms with van der Waals surface area (Å²) in [7, 11) is 0. The van der Waals surface area contributed by atoms with Crippen LogP contribution in [0.25, 0.3) is 0 Å². The fraction of sp³-hybridized carbons (Fsp3) is 0.412. The van der Waals surface area contributed by atoms with Crippen molar-refractivity contribution in [1.29, 1.82) is 0 Å². The molecule has 1 aliphatic rings. The highest BCUT2D eigenvalue weighted by Crippen LogP contribution is 2.32. The summed E-state index contributed by atoms with van der Waals surface area (Å²) in [5.41, 5.74) is 2.87. The normalized spacial score (nSPS) is 17.7. The van der Waals surface area contributed by atoms with Gasteiger partial charge in [-0.25, -0.2) is 4.79 Å². The molecule has 1 saturated heterocycles. The van der Waals surface area contributed by atoms with Crippen molar-refractivity contribution >= 4 is 11.7 Å². The highest BCUT2D eigenvalue weighted by molar-refractivity contribution is 5.90. The molecule has 3 rings (SSSR count). The van der Waals surface area contributed by atoms with Crippen LogP contribution in [-0.2, 0) is 6.42 Å². The monoisotopic (exact) mass is 299 g/mol. The van der Waals surface area contributed by atoms with Gasteiger partial charge in [0.2, 0.25) is 0 Å². The van der Waals surface area contributed by atoms with Gasteiger partial charge in [0.15, 0.2) is 0 Å². The van der Waals surface area contributed by atoms with Gasteiger partial charge in [-0.2, -0.15) is 0 Å². The van der Waals surface area contributed by atoms with Gasteiger partial charge in [0.05, 0.1) is 6.04 Å². The summed E-state index contributed by atoms with van der Waals surface area (Å²) >= 11 is 0. The molecule has 0 bridgehead atoms. The summed E-state index contributed by atoms with van der Waals surface area (Å²) in [5, 5.41) is 7.11. The van der Waals surface area contributed by atoms with Crippen molar-refractivity contribution in [3.8, 4) is 0 Å². The molecule has 2 aromatic rings. The van der Waals surface area contributed by atoms with Crippen molar-refractivity contribution < 1.29 is 9.32 Å². The van der Waals surface area contributed by atoms with Gasteiger partial charge in [0.1, 0.15) is 11.5 Å². The molecular weight excluding hydrogens is 278 g/mol. The largest absolute Gasteiger partial charge is 0.361 e. The summed E-state index contributed by atoms with van der Waals surface area (Å²) < 4.78 is 5.15. The SMILES string of the molecule is CCc1ccccc1NC(=O)N1CCC[C@@H]1c1cc(C)on1. The Morgan fingerprint density at radius 3 is 3.00 bits per heavy atom.